The van der Waals surface area contributed by atoms with Crippen molar-refractivity contribution in [1.29, 1.82) is 0 Å². The van der Waals surface area contributed by atoms with Gasteiger partial charge in [-0.1, -0.05) is 5.21 Å². The number of nitrogens with one attached hydrogen (secondary N) is 1. The van der Waals surface area contributed by atoms with Crippen molar-refractivity contribution in [3.05, 3.63) is 29.3 Å². The van der Waals surface area contributed by atoms with E-state index < -0.39 is 0 Å². The second kappa shape index (κ2) is 7.37. The molecule has 3 aromatic rings. The van der Waals surface area contributed by atoms with Gasteiger partial charge in [0, 0.05) is 36.7 Å². The third-order valence-corrected chi connectivity index (χ3v) is 5.30. The first kappa shape index (κ1) is 15.7. The van der Waals surface area contributed by atoms with Gasteiger partial charge in [-0.25, -0.2) is 4.98 Å². The summed E-state index contributed by atoms with van der Waals surface area (Å²) >= 11 is 1.70. The zero-order chi connectivity index (χ0) is 16.2. The predicted octanol–water partition coefficient (Wildman–Crippen LogP) is 1.35. The number of piperidine rings is 1. The summed E-state index contributed by atoms with van der Waals surface area (Å²) in [5.41, 5.74) is 1.25. The minimum atomic E-state index is 0.590. The molecule has 9 heteroatoms. The number of imidazole rings is 1. The summed E-state index contributed by atoms with van der Waals surface area (Å²) in [6, 6.07) is 0. The smallest absolute Gasteiger partial charge is 0.193 e. The maximum Gasteiger partial charge on any atom is 0.193 e. The van der Waals surface area contributed by atoms with Crippen LogP contribution in [0.5, 0.6) is 0 Å². The SMILES string of the molecule is c1cn2cc(C3CCN(CCOCCc4nn[nH]n4)CC3)nc2s1. The second-order valence-corrected chi connectivity index (χ2v) is 6.94. The molecule has 1 N–H and O–H groups in total. The van der Waals surface area contributed by atoms with Crippen molar-refractivity contribution in [3.63, 3.8) is 0 Å². The van der Waals surface area contributed by atoms with Crippen LogP contribution in [0.2, 0.25) is 0 Å². The number of thiazole rings is 1. The lowest BCUT2D eigenvalue weighted by Gasteiger charge is -2.31. The number of likely N-dealkylation sites (tertiary alicyclic amines) is 1. The Morgan fingerprint density at radius 1 is 1.29 bits per heavy atom. The topological polar surface area (TPSA) is 84.2 Å². The average molecular weight is 347 g/mol. The van der Waals surface area contributed by atoms with Crippen molar-refractivity contribution in [1.82, 2.24) is 34.9 Å². The van der Waals surface area contributed by atoms with Gasteiger partial charge in [-0.15, -0.1) is 21.5 Å². The largest absolute Gasteiger partial charge is 0.380 e. The fourth-order valence-electron chi connectivity index (χ4n) is 3.14. The first-order valence-electron chi connectivity index (χ1n) is 8.33. The molecule has 8 nitrogen and oxygen atoms in total. The van der Waals surface area contributed by atoms with Gasteiger partial charge in [0.05, 0.1) is 18.9 Å². The molecule has 0 spiro atoms. The number of rotatable bonds is 7. The van der Waals surface area contributed by atoms with E-state index in [0.717, 1.165) is 31.2 Å². The van der Waals surface area contributed by atoms with Crippen LogP contribution in [0.25, 0.3) is 4.96 Å². The third kappa shape index (κ3) is 3.63. The first-order valence-corrected chi connectivity index (χ1v) is 9.21. The molecule has 0 unspecified atom stereocenters. The Morgan fingerprint density at radius 2 is 2.21 bits per heavy atom. The molecular weight excluding hydrogens is 326 g/mol. The molecule has 3 aromatic heterocycles. The third-order valence-electron chi connectivity index (χ3n) is 4.53. The molecule has 0 bridgehead atoms. The highest BCUT2D eigenvalue weighted by molar-refractivity contribution is 7.15. The summed E-state index contributed by atoms with van der Waals surface area (Å²) in [5, 5.41) is 15.9. The quantitative estimate of drug-likeness (QED) is 0.650. The summed E-state index contributed by atoms with van der Waals surface area (Å²) < 4.78 is 7.80. The normalized spacial score (nSPS) is 17.0. The van der Waals surface area contributed by atoms with Gasteiger partial charge in [-0.3, -0.25) is 4.40 Å². The summed E-state index contributed by atoms with van der Waals surface area (Å²) in [4.78, 5) is 8.33. The van der Waals surface area contributed by atoms with Gasteiger partial charge in [-0.05, 0) is 25.9 Å². The molecule has 0 radical (unpaired) electrons. The Bertz CT molecular complexity index is 716. The van der Waals surface area contributed by atoms with Crippen molar-refractivity contribution >= 4 is 16.3 Å². The van der Waals surface area contributed by atoms with E-state index in [2.05, 4.69) is 47.7 Å². The van der Waals surface area contributed by atoms with Crippen molar-refractivity contribution in [2.45, 2.75) is 25.2 Å². The van der Waals surface area contributed by atoms with Crippen molar-refractivity contribution in [2.24, 2.45) is 0 Å². The lowest BCUT2D eigenvalue weighted by Crippen LogP contribution is -2.35. The lowest BCUT2D eigenvalue weighted by atomic mass is 9.94. The van der Waals surface area contributed by atoms with Gasteiger partial charge in [0.1, 0.15) is 0 Å². The fraction of sp³-hybridized carbons (Fsp3) is 0.600. The Kier molecular flexibility index (Phi) is 4.81. The van der Waals surface area contributed by atoms with Crippen LogP contribution >= 0.6 is 11.3 Å². The van der Waals surface area contributed by atoms with Crippen LogP contribution < -0.4 is 0 Å². The van der Waals surface area contributed by atoms with E-state index in [1.807, 2.05) is 0 Å². The van der Waals surface area contributed by atoms with Crippen LogP contribution in [-0.2, 0) is 11.2 Å². The molecular formula is C15H21N7OS. The van der Waals surface area contributed by atoms with Crippen LogP contribution in [0, 0.1) is 0 Å². The standard InChI is InChI=1S/C15H21N7OS/c1-4-21(6-9-23-8-3-14-17-19-20-18-14)5-2-12(1)13-11-22-7-10-24-15(22)16-13/h7,10-12H,1-6,8-9H2,(H,17,18,19,20). The number of nitrogens with zero attached hydrogens (tertiary/aromatic N) is 6. The summed E-state index contributed by atoms with van der Waals surface area (Å²) in [6.07, 6.45) is 7.32. The highest BCUT2D eigenvalue weighted by Gasteiger charge is 2.22. The van der Waals surface area contributed by atoms with Gasteiger partial charge in [0.2, 0.25) is 0 Å². The molecule has 0 atom stereocenters. The van der Waals surface area contributed by atoms with Gasteiger partial charge < -0.3 is 9.64 Å². The summed E-state index contributed by atoms with van der Waals surface area (Å²) in [6.45, 7) is 4.61. The lowest BCUT2D eigenvalue weighted by molar-refractivity contribution is 0.0947. The maximum absolute atomic E-state index is 5.67. The second-order valence-electron chi connectivity index (χ2n) is 6.06. The summed E-state index contributed by atoms with van der Waals surface area (Å²) in [7, 11) is 0. The molecule has 4 heterocycles. The zero-order valence-electron chi connectivity index (χ0n) is 13.5. The molecule has 128 valence electrons. The van der Waals surface area contributed by atoms with Gasteiger partial charge >= 0.3 is 0 Å². The Labute approximate surface area is 143 Å². The van der Waals surface area contributed by atoms with E-state index in [1.54, 1.807) is 11.3 Å². The van der Waals surface area contributed by atoms with Crippen LogP contribution in [-0.4, -0.2) is 67.8 Å². The van der Waals surface area contributed by atoms with E-state index in [0.29, 0.717) is 24.8 Å². The van der Waals surface area contributed by atoms with E-state index in [1.165, 1.54) is 18.5 Å². The van der Waals surface area contributed by atoms with Crippen LogP contribution in [0.4, 0.5) is 0 Å². The minimum absolute atomic E-state index is 0.590. The highest BCUT2D eigenvalue weighted by Crippen LogP contribution is 2.28. The molecule has 0 aliphatic carbocycles. The minimum Gasteiger partial charge on any atom is -0.380 e. The van der Waals surface area contributed by atoms with Gasteiger partial charge in [-0.2, -0.15) is 5.21 Å². The summed E-state index contributed by atoms with van der Waals surface area (Å²) in [5.74, 6) is 1.29. The van der Waals surface area contributed by atoms with E-state index in [9.17, 15) is 0 Å². The van der Waals surface area contributed by atoms with Crippen LogP contribution in [0.1, 0.15) is 30.3 Å². The molecule has 0 saturated carbocycles. The first-order chi connectivity index (χ1) is 11.9. The number of fused-ring (bicyclic) bond motifs is 1. The van der Waals surface area contributed by atoms with E-state index >= 15 is 0 Å². The number of H-pyrrole nitrogens is 1. The zero-order valence-corrected chi connectivity index (χ0v) is 14.3. The number of aromatic amines is 1. The van der Waals surface area contributed by atoms with Crippen LogP contribution in [0.3, 0.4) is 0 Å². The highest BCUT2D eigenvalue weighted by atomic mass is 32.1. The van der Waals surface area contributed by atoms with Crippen molar-refractivity contribution in [3.8, 4) is 0 Å². The number of aromatic nitrogens is 6. The fourth-order valence-corrected chi connectivity index (χ4v) is 3.85. The monoisotopic (exact) mass is 347 g/mol. The Morgan fingerprint density at radius 3 is 3.00 bits per heavy atom. The number of hydrogen-bond donors (Lipinski definition) is 1. The van der Waals surface area contributed by atoms with Crippen LogP contribution in [0.15, 0.2) is 17.8 Å². The molecule has 1 aliphatic heterocycles. The number of ether oxygens (including phenoxy) is 1. The molecule has 4 rings (SSSR count). The Hall–Kier alpha value is -1.84. The van der Waals surface area contributed by atoms with E-state index in [-0.39, 0.29) is 0 Å². The molecule has 0 aromatic carbocycles. The van der Waals surface area contributed by atoms with Crippen molar-refractivity contribution < 1.29 is 4.74 Å². The molecule has 1 saturated heterocycles. The molecule has 0 amide bonds. The molecule has 24 heavy (non-hydrogen) atoms. The van der Waals surface area contributed by atoms with Gasteiger partial charge in [0.15, 0.2) is 10.8 Å². The number of tetrazole rings is 1. The molecule has 1 fully saturated rings. The van der Waals surface area contributed by atoms with Gasteiger partial charge in [0.25, 0.3) is 0 Å². The molecule has 1 aliphatic rings. The maximum atomic E-state index is 5.67. The predicted molar refractivity (Wildman–Crippen MR) is 90.2 cm³/mol. The Balaban J connectivity index is 1.16. The van der Waals surface area contributed by atoms with E-state index in [4.69, 9.17) is 9.72 Å². The number of hydrogen-bond acceptors (Lipinski definition) is 7. The average Bonchev–Trinajstić information content (AvgIpc) is 3.32. The van der Waals surface area contributed by atoms with Crippen molar-refractivity contribution in [2.75, 3.05) is 32.8 Å².